The third-order valence-electron chi connectivity index (χ3n) is 2.39. The number of methoxy groups -OCH3 is 1. The number of ether oxygens (including phenoxy) is 2. The Labute approximate surface area is 106 Å². The Hall–Kier alpha value is -0.910. The molecular formula is C12H19NO3S. The topological polar surface area (TPSA) is 47.6 Å². The molecule has 0 radical (unpaired) electrons. The van der Waals surface area contributed by atoms with Crippen molar-refractivity contribution in [3.05, 3.63) is 22.4 Å². The maximum absolute atomic E-state index is 11.9. The lowest BCUT2D eigenvalue weighted by atomic mass is 10.0. The molecule has 1 heterocycles. The summed E-state index contributed by atoms with van der Waals surface area (Å²) in [7, 11) is 1.57. The maximum atomic E-state index is 11.9. The molecule has 0 saturated heterocycles. The van der Waals surface area contributed by atoms with Gasteiger partial charge in [-0.3, -0.25) is 5.32 Å². The molecule has 1 rings (SSSR count). The van der Waals surface area contributed by atoms with Gasteiger partial charge in [0.2, 0.25) is 0 Å². The number of hydrogen-bond donors (Lipinski definition) is 1. The minimum atomic E-state index is -0.797. The van der Waals surface area contributed by atoms with E-state index >= 15 is 0 Å². The minimum Gasteiger partial charge on any atom is -0.465 e. The molecule has 96 valence electrons. The van der Waals surface area contributed by atoms with Crippen LogP contribution in [0.5, 0.6) is 0 Å². The van der Waals surface area contributed by atoms with Gasteiger partial charge in [-0.25, -0.2) is 4.79 Å². The highest BCUT2D eigenvalue weighted by molar-refractivity contribution is 7.09. The third-order valence-corrected chi connectivity index (χ3v) is 3.27. The molecule has 5 heteroatoms. The van der Waals surface area contributed by atoms with Gasteiger partial charge in [-0.1, -0.05) is 6.07 Å². The van der Waals surface area contributed by atoms with Crippen LogP contribution in [-0.4, -0.2) is 31.8 Å². The fourth-order valence-corrected chi connectivity index (χ4v) is 2.10. The molecule has 0 bridgehead atoms. The zero-order chi connectivity index (χ0) is 12.7. The fraction of sp³-hybridized carbons (Fsp3) is 0.583. The van der Waals surface area contributed by atoms with Crippen LogP contribution in [0.4, 0.5) is 0 Å². The third kappa shape index (κ3) is 4.11. The molecule has 1 aromatic heterocycles. The first kappa shape index (κ1) is 14.2. The second kappa shape index (κ2) is 6.74. The molecular weight excluding hydrogens is 238 g/mol. The van der Waals surface area contributed by atoms with Crippen LogP contribution in [0.3, 0.4) is 0 Å². The summed E-state index contributed by atoms with van der Waals surface area (Å²) in [5.74, 6) is -0.279. The molecule has 1 N–H and O–H groups in total. The van der Waals surface area contributed by atoms with Crippen molar-refractivity contribution in [3.63, 3.8) is 0 Å². The summed E-state index contributed by atoms with van der Waals surface area (Å²) in [6.07, 6.45) is 0. The molecule has 1 unspecified atom stereocenters. The van der Waals surface area contributed by atoms with E-state index in [2.05, 4.69) is 5.32 Å². The molecule has 4 nitrogen and oxygen atoms in total. The lowest BCUT2D eigenvalue weighted by molar-refractivity contribution is -0.152. The van der Waals surface area contributed by atoms with Gasteiger partial charge in [-0.05, 0) is 25.3 Å². The van der Waals surface area contributed by atoms with Gasteiger partial charge in [-0.2, -0.15) is 0 Å². The lowest BCUT2D eigenvalue weighted by Gasteiger charge is -2.27. The Bertz CT molecular complexity index is 340. The lowest BCUT2D eigenvalue weighted by Crippen LogP contribution is -2.53. The molecule has 0 aliphatic heterocycles. The Kier molecular flexibility index (Phi) is 5.61. The van der Waals surface area contributed by atoms with Crippen molar-refractivity contribution in [2.24, 2.45) is 0 Å². The number of hydrogen-bond acceptors (Lipinski definition) is 5. The number of esters is 1. The number of nitrogens with one attached hydrogen (secondary N) is 1. The summed E-state index contributed by atoms with van der Waals surface area (Å²) < 4.78 is 10.1. The van der Waals surface area contributed by atoms with Crippen molar-refractivity contribution in [1.29, 1.82) is 0 Å². The Balaban J connectivity index is 2.60. The average Bonchev–Trinajstić information content (AvgIpc) is 2.80. The van der Waals surface area contributed by atoms with Crippen LogP contribution in [0.2, 0.25) is 0 Å². The van der Waals surface area contributed by atoms with Crippen LogP contribution in [0, 0.1) is 0 Å². The van der Waals surface area contributed by atoms with E-state index in [-0.39, 0.29) is 12.6 Å². The maximum Gasteiger partial charge on any atom is 0.328 e. The van der Waals surface area contributed by atoms with Gasteiger partial charge in [0.1, 0.15) is 5.54 Å². The van der Waals surface area contributed by atoms with Crippen molar-refractivity contribution >= 4 is 17.3 Å². The van der Waals surface area contributed by atoms with Crippen LogP contribution >= 0.6 is 11.3 Å². The van der Waals surface area contributed by atoms with Crippen LogP contribution in [0.25, 0.3) is 0 Å². The van der Waals surface area contributed by atoms with Crippen molar-refractivity contribution in [3.8, 4) is 0 Å². The SMILES string of the molecule is CCOC(=O)C(C)(COC)NCc1cccs1. The summed E-state index contributed by atoms with van der Waals surface area (Å²) in [5.41, 5.74) is -0.797. The molecule has 17 heavy (non-hydrogen) atoms. The first-order valence-corrected chi connectivity index (χ1v) is 6.44. The quantitative estimate of drug-likeness (QED) is 0.757. The van der Waals surface area contributed by atoms with Crippen molar-refractivity contribution in [2.45, 2.75) is 25.9 Å². The van der Waals surface area contributed by atoms with Crippen LogP contribution < -0.4 is 5.32 Å². The second-order valence-corrected chi connectivity index (χ2v) is 4.95. The monoisotopic (exact) mass is 257 g/mol. The van der Waals surface area contributed by atoms with Crippen molar-refractivity contribution in [1.82, 2.24) is 5.32 Å². The Morgan fingerprint density at radius 1 is 1.59 bits per heavy atom. The van der Waals surface area contributed by atoms with Gasteiger partial charge in [0, 0.05) is 18.5 Å². The molecule has 1 atom stereocenters. The smallest absolute Gasteiger partial charge is 0.328 e. The van der Waals surface area contributed by atoms with Crippen LogP contribution in [0.1, 0.15) is 18.7 Å². The van der Waals surface area contributed by atoms with E-state index in [1.165, 1.54) is 4.88 Å². The Morgan fingerprint density at radius 3 is 2.88 bits per heavy atom. The van der Waals surface area contributed by atoms with Gasteiger partial charge in [0.05, 0.1) is 13.2 Å². The molecule has 0 spiro atoms. The summed E-state index contributed by atoms with van der Waals surface area (Å²) >= 11 is 1.65. The summed E-state index contributed by atoms with van der Waals surface area (Å²) in [5, 5.41) is 5.20. The zero-order valence-electron chi connectivity index (χ0n) is 10.5. The number of carbonyl (C=O) groups excluding carboxylic acids is 1. The largest absolute Gasteiger partial charge is 0.465 e. The zero-order valence-corrected chi connectivity index (χ0v) is 11.3. The van der Waals surface area contributed by atoms with E-state index < -0.39 is 5.54 Å². The predicted octanol–water partition coefficient (Wildman–Crippen LogP) is 1.81. The predicted molar refractivity (Wildman–Crippen MR) is 68.1 cm³/mol. The van der Waals surface area contributed by atoms with E-state index in [1.807, 2.05) is 17.5 Å². The Morgan fingerprint density at radius 2 is 2.35 bits per heavy atom. The standard InChI is InChI=1S/C12H19NO3S/c1-4-16-11(14)12(2,9-15-3)13-8-10-6-5-7-17-10/h5-7,13H,4,8-9H2,1-3H3. The normalized spacial score (nSPS) is 14.3. The van der Waals surface area contributed by atoms with Gasteiger partial charge in [0.25, 0.3) is 0 Å². The highest BCUT2D eigenvalue weighted by Crippen LogP contribution is 2.13. The second-order valence-electron chi connectivity index (χ2n) is 3.92. The van der Waals surface area contributed by atoms with E-state index in [0.717, 1.165) is 0 Å². The average molecular weight is 257 g/mol. The number of thiophene rings is 1. The van der Waals surface area contributed by atoms with Crippen molar-refractivity contribution < 1.29 is 14.3 Å². The van der Waals surface area contributed by atoms with Crippen LogP contribution in [-0.2, 0) is 20.8 Å². The van der Waals surface area contributed by atoms with Gasteiger partial charge >= 0.3 is 5.97 Å². The molecule has 0 aliphatic rings. The molecule has 0 fully saturated rings. The molecule has 1 aromatic rings. The van der Waals surface area contributed by atoms with E-state index in [4.69, 9.17) is 9.47 Å². The summed E-state index contributed by atoms with van der Waals surface area (Å²) in [6.45, 7) is 4.89. The molecule has 0 aromatic carbocycles. The number of carbonyl (C=O) groups is 1. The fourth-order valence-electron chi connectivity index (χ4n) is 1.46. The van der Waals surface area contributed by atoms with Gasteiger partial charge in [-0.15, -0.1) is 11.3 Å². The highest BCUT2D eigenvalue weighted by Gasteiger charge is 2.34. The summed E-state index contributed by atoms with van der Waals surface area (Å²) in [6, 6.07) is 4.01. The molecule has 0 aliphatic carbocycles. The highest BCUT2D eigenvalue weighted by atomic mass is 32.1. The van der Waals surface area contributed by atoms with Gasteiger partial charge in [0.15, 0.2) is 0 Å². The summed E-state index contributed by atoms with van der Waals surface area (Å²) in [4.78, 5) is 13.0. The first-order chi connectivity index (χ1) is 8.12. The van der Waals surface area contributed by atoms with Gasteiger partial charge < -0.3 is 9.47 Å². The van der Waals surface area contributed by atoms with E-state index in [1.54, 1.807) is 32.3 Å². The molecule has 0 saturated carbocycles. The number of rotatable bonds is 7. The van der Waals surface area contributed by atoms with E-state index in [0.29, 0.717) is 13.2 Å². The van der Waals surface area contributed by atoms with Crippen LogP contribution in [0.15, 0.2) is 17.5 Å². The first-order valence-electron chi connectivity index (χ1n) is 5.56. The molecule has 0 amide bonds. The van der Waals surface area contributed by atoms with Crippen molar-refractivity contribution in [2.75, 3.05) is 20.3 Å². The van der Waals surface area contributed by atoms with E-state index in [9.17, 15) is 4.79 Å². The minimum absolute atomic E-state index is 0.279.